The Kier molecular flexibility index (Phi) is 3.11. The highest BCUT2D eigenvalue weighted by Crippen LogP contribution is 2.31. The minimum atomic E-state index is -0.646. The first-order valence-corrected chi connectivity index (χ1v) is 6.48. The summed E-state index contributed by atoms with van der Waals surface area (Å²) in [6.07, 6.45) is 2.62. The number of benzene rings is 2. The Morgan fingerprint density at radius 1 is 1.15 bits per heavy atom. The van der Waals surface area contributed by atoms with Gasteiger partial charge in [-0.15, -0.1) is 0 Å². The largest absolute Gasteiger partial charge is 0.371 e. The molecular formula is C17H14FNO. The third-order valence-corrected chi connectivity index (χ3v) is 3.51. The van der Waals surface area contributed by atoms with E-state index in [1.165, 1.54) is 11.6 Å². The number of nitrogens with one attached hydrogen (secondary N) is 1. The van der Waals surface area contributed by atoms with Crippen molar-refractivity contribution >= 4 is 18.1 Å². The van der Waals surface area contributed by atoms with Crippen LogP contribution in [0.15, 0.2) is 42.5 Å². The van der Waals surface area contributed by atoms with Gasteiger partial charge in [-0.1, -0.05) is 42.0 Å². The molecule has 1 atom stereocenters. The Morgan fingerprint density at radius 2 is 1.90 bits per heavy atom. The molecular weight excluding hydrogens is 253 g/mol. The van der Waals surface area contributed by atoms with Gasteiger partial charge in [-0.2, -0.15) is 0 Å². The normalized spacial score (nSPS) is 16.9. The number of rotatable bonds is 2. The van der Waals surface area contributed by atoms with Crippen LogP contribution >= 0.6 is 0 Å². The summed E-state index contributed by atoms with van der Waals surface area (Å²) in [5, 5.41) is 3.09. The van der Waals surface area contributed by atoms with Crippen molar-refractivity contribution in [1.82, 2.24) is 5.32 Å². The molecule has 2 aromatic carbocycles. The Hall–Kier alpha value is -2.42. The molecule has 0 aliphatic carbocycles. The molecule has 2 nitrogen and oxygen atoms in total. The first kappa shape index (κ1) is 12.6. The lowest BCUT2D eigenvalue weighted by Gasteiger charge is -2.25. The van der Waals surface area contributed by atoms with E-state index >= 15 is 0 Å². The highest BCUT2D eigenvalue weighted by Gasteiger charge is 2.23. The van der Waals surface area contributed by atoms with Crippen molar-refractivity contribution in [2.45, 2.75) is 13.0 Å². The van der Waals surface area contributed by atoms with Crippen LogP contribution in [-0.2, 0) is 4.79 Å². The number of hydrogen-bond donors (Lipinski definition) is 1. The van der Waals surface area contributed by atoms with Crippen molar-refractivity contribution in [3.63, 3.8) is 0 Å². The van der Waals surface area contributed by atoms with Gasteiger partial charge in [0.25, 0.3) is 0 Å². The number of hydrogen-bond acceptors (Lipinski definition) is 2. The lowest BCUT2D eigenvalue weighted by molar-refractivity contribution is -0.109. The average molecular weight is 267 g/mol. The van der Waals surface area contributed by atoms with Gasteiger partial charge in [0.2, 0.25) is 0 Å². The molecule has 1 N–H and O–H groups in total. The van der Waals surface area contributed by atoms with Crippen molar-refractivity contribution < 1.29 is 9.18 Å². The molecule has 1 unspecified atom stereocenters. The number of carbonyl (C=O) groups excluding carboxylic acids is 1. The predicted molar refractivity (Wildman–Crippen MR) is 77.4 cm³/mol. The van der Waals surface area contributed by atoms with Crippen LogP contribution in [0.3, 0.4) is 0 Å². The Balaban J connectivity index is 2.11. The monoisotopic (exact) mass is 267 g/mol. The van der Waals surface area contributed by atoms with E-state index in [1.54, 1.807) is 6.07 Å². The molecule has 0 saturated carbocycles. The second-order valence-corrected chi connectivity index (χ2v) is 4.92. The highest BCUT2D eigenvalue weighted by molar-refractivity contribution is 5.87. The average Bonchev–Trinajstić information content (AvgIpc) is 2.47. The van der Waals surface area contributed by atoms with Crippen molar-refractivity contribution in [3.8, 4) is 0 Å². The van der Waals surface area contributed by atoms with E-state index in [-0.39, 0.29) is 5.82 Å². The third-order valence-electron chi connectivity index (χ3n) is 3.51. The van der Waals surface area contributed by atoms with Gasteiger partial charge < -0.3 is 10.1 Å². The summed E-state index contributed by atoms with van der Waals surface area (Å²) < 4.78 is 13.9. The summed E-state index contributed by atoms with van der Waals surface area (Å²) >= 11 is 0. The van der Waals surface area contributed by atoms with Gasteiger partial charge in [0.1, 0.15) is 18.1 Å². The van der Waals surface area contributed by atoms with Crippen molar-refractivity contribution in [2.75, 3.05) is 0 Å². The molecule has 2 aromatic rings. The lowest BCUT2D eigenvalue weighted by atomic mass is 9.94. The summed E-state index contributed by atoms with van der Waals surface area (Å²) in [5.41, 5.74) is 4.15. The maximum atomic E-state index is 13.9. The number of halogens is 1. The number of fused-ring (bicyclic) bond motifs is 1. The highest BCUT2D eigenvalue weighted by atomic mass is 19.1. The van der Waals surface area contributed by atoms with E-state index in [9.17, 15) is 9.18 Å². The summed E-state index contributed by atoms with van der Waals surface area (Å²) in [5.74, 6) is -0.355. The predicted octanol–water partition coefficient (Wildman–Crippen LogP) is 3.48. The van der Waals surface area contributed by atoms with Gasteiger partial charge in [0.15, 0.2) is 0 Å². The fourth-order valence-corrected chi connectivity index (χ4v) is 2.45. The van der Waals surface area contributed by atoms with E-state index in [0.717, 1.165) is 23.1 Å². The zero-order valence-corrected chi connectivity index (χ0v) is 11.1. The van der Waals surface area contributed by atoms with Crippen LogP contribution < -0.4 is 5.32 Å². The Labute approximate surface area is 116 Å². The van der Waals surface area contributed by atoms with Crippen molar-refractivity contribution in [2.24, 2.45) is 0 Å². The van der Waals surface area contributed by atoms with Crippen LogP contribution in [0.25, 0.3) is 11.8 Å². The molecule has 0 aromatic heterocycles. The van der Waals surface area contributed by atoms with Gasteiger partial charge in [0.05, 0.1) is 0 Å². The molecule has 1 aliphatic heterocycles. The topological polar surface area (TPSA) is 29.1 Å². The molecule has 0 radical (unpaired) electrons. The Morgan fingerprint density at radius 3 is 2.60 bits per heavy atom. The maximum absolute atomic E-state index is 13.9. The minimum absolute atomic E-state index is 0.355. The molecule has 100 valence electrons. The number of aldehydes is 1. The summed E-state index contributed by atoms with van der Waals surface area (Å²) in [6, 6.07) is 12.2. The molecule has 3 heteroatoms. The van der Waals surface area contributed by atoms with E-state index in [4.69, 9.17) is 0 Å². The van der Waals surface area contributed by atoms with E-state index in [2.05, 4.69) is 5.32 Å². The summed E-state index contributed by atoms with van der Waals surface area (Å²) in [4.78, 5) is 11.2. The van der Waals surface area contributed by atoms with Crippen molar-refractivity contribution in [1.29, 1.82) is 0 Å². The first-order valence-electron chi connectivity index (χ1n) is 6.48. The van der Waals surface area contributed by atoms with Crippen LogP contribution in [0.2, 0.25) is 0 Å². The fraction of sp³-hybridized carbons (Fsp3) is 0.118. The summed E-state index contributed by atoms with van der Waals surface area (Å²) in [6.45, 7) is 2.02. The number of carbonyl (C=O) groups is 1. The molecule has 0 spiro atoms. The van der Waals surface area contributed by atoms with Crippen LogP contribution in [0.1, 0.15) is 28.3 Å². The zero-order chi connectivity index (χ0) is 14.1. The minimum Gasteiger partial charge on any atom is -0.371 e. The van der Waals surface area contributed by atoms with E-state index in [0.29, 0.717) is 5.56 Å². The zero-order valence-electron chi connectivity index (χ0n) is 11.1. The molecule has 0 fully saturated rings. The molecule has 3 rings (SSSR count). The van der Waals surface area contributed by atoms with E-state index < -0.39 is 6.04 Å². The van der Waals surface area contributed by atoms with Gasteiger partial charge in [-0.25, -0.2) is 4.39 Å². The fourth-order valence-electron chi connectivity index (χ4n) is 2.45. The molecule has 0 saturated heterocycles. The lowest BCUT2D eigenvalue weighted by Crippen LogP contribution is -2.26. The second-order valence-electron chi connectivity index (χ2n) is 4.92. The quantitative estimate of drug-likeness (QED) is 0.844. The smallest absolute Gasteiger partial charge is 0.146 e. The van der Waals surface area contributed by atoms with Crippen LogP contribution in [0, 0.1) is 12.7 Å². The van der Waals surface area contributed by atoms with Crippen LogP contribution in [0.5, 0.6) is 0 Å². The molecule has 0 amide bonds. The van der Waals surface area contributed by atoms with E-state index in [1.807, 2.05) is 43.3 Å². The number of aryl methyl sites for hydroxylation is 1. The molecule has 0 bridgehead atoms. The van der Waals surface area contributed by atoms with Gasteiger partial charge in [-0.05, 0) is 30.2 Å². The van der Waals surface area contributed by atoms with Crippen LogP contribution in [0.4, 0.5) is 4.39 Å². The third kappa shape index (κ3) is 2.11. The van der Waals surface area contributed by atoms with Crippen molar-refractivity contribution in [3.05, 3.63) is 70.5 Å². The second kappa shape index (κ2) is 4.93. The molecule has 1 aliphatic rings. The summed E-state index contributed by atoms with van der Waals surface area (Å²) in [7, 11) is 0. The van der Waals surface area contributed by atoms with Gasteiger partial charge in [-0.3, -0.25) is 0 Å². The molecule has 20 heavy (non-hydrogen) atoms. The molecule has 1 heterocycles. The van der Waals surface area contributed by atoms with Crippen LogP contribution in [-0.4, -0.2) is 6.29 Å². The first-order chi connectivity index (χ1) is 9.69. The van der Waals surface area contributed by atoms with Gasteiger partial charge in [0, 0.05) is 11.3 Å². The Bertz CT molecular complexity index is 689. The van der Waals surface area contributed by atoms with Gasteiger partial charge >= 0.3 is 0 Å². The SMILES string of the molecule is Cc1ccc(C2=Cc3cccc(F)c3C(C=O)N2)cc1. The maximum Gasteiger partial charge on any atom is 0.146 e. The standard InChI is InChI=1S/C17H14FNO/c1-11-5-7-12(8-6-11)15-9-13-3-2-4-14(18)17(13)16(10-20)19-15/h2-10,16,19H,1H3.